The van der Waals surface area contributed by atoms with E-state index >= 15 is 0 Å². The second kappa shape index (κ2) is 5.01. The molecule has 2 rings (SSSR count). The SMILES string of the molecule is CC1(C)Cc2c(NC(=O)OC(C)(C)C)csc2C(C)(C)C1. The molecule has 1 heterocycles. The number of carbonyl (C=O) groups is 1. The van der Waals surface area contributed by atoms with Crippen LogP contribution in [0.1, 0.15) is 65.3 Å². The number of hydrogen-bond donors (Lipinski definition) is 1. The van der Waals surface area contributed by atoms with Gasteiger partial charge in [0.1, 0.15) is 5.60 Å². The Morgan fingerprint density at radius 2 is 1.90 bits per heavy atom. The zero-order chi connectivity index (χ0) is 16.1. The van der Waals surface area contributed by atoms with E-state index in [0.29, 0.717) is 0 Å². The first-order valence-corrected chi connectivity index (χ1v) is 8.38. The van der Waals surface area contributed by atoms with Crippen LogP contribution in [-0.4, -0.2) is 11.7 Å². The van der Waals surface area contributed by atoms with Gasteiger partial charge in [0, 0.05) is 10.3 Å². The number of fused-ring (bicyclic) bond motifs is 1. The van der Waals surface area contributed by atoms with Gasteiger partial charge in [-0.3, -0.25) is 5.32 Å². The van der Waals surface area contributed by atoms with Crippen molar-refractivity contribution >= 4 is 23.1 Å². The molecule has 0 radical (unpaired) electrons. The van der Waals surface area contributed by atoms with Crippen LogP contribution in [0.3, 0.4) is 0 Å². The van der Waals surface area contributed by atoms with E-state index in [1.807, 2.05) is 20.8 Å². The van der Waals surface area contributed by atoms with E-state index in [0.717, 1.165) is 12.1 Å². The average molecular weight is 309 g/mol. The summed E-state index contributed by atoms with van der Waals surface area (Å²) in [6, 6.07) is 0. The minimum atomic E-state index is -0.474. The zero-order valence-corrected chi connectivity index (χ0v) is 15.0. The molecule has 3 nitrogen and oxygen atoms in total. The van der Waals surface area contributed by atoms with Crippen LogP contribution >= 0.6 is 11.3 Å². The van der Waals surface area contributed by atoms with Gasteiger partial charge in [-0.25, -0.2) is 4.79 Å². The summed E-state index contributed by atoms with van der Waals surface area (Å²) in [6.45, 7) is 14.8. The van der Waals surface area contributed by atoms with Crippen LogP contribution in [0.4, 0.5) is 10.5 Å². The quantitative estimate of drug-likeness (QED) is 0.760. The third-order valence-corrected chi connectivity index (χ3v) is 5.11. The lowest BCUT2D eigenvalue weighted by atomic mass is 9.66. The van der Waals surface area contributed by atoms with Crippen LogP contribution in [0, 0.1) is 5.41 Å². The average Bonchev–Trinajstić information content (AvgIpc) is 2.55. The van der Waals surface area contributed by atoms with Crippen LogP contribution in [0.5, 0.6) is 0 Å². The molecule has 4 heteroatoms. The highest BCUT2D eigenvalue weighted by atomic mass is 32.1. The van der Waals surface area contributed by atoms with Gasteiger partial charge >= 0.3 is 6.09 Å². The van der Waals surface area contributed by atoms with Gasteiger partial charge in [0.2, 0.25) is 0 Å². The van der Waals surface area contributed by atoms with Crippen LogP contribution in [0.25, 0.3) is 0 Å². The van der Waals surface area contributed by atoms with Gasteiger partial charge in [0.25, 0.3) is 0 Å². The molecule has 0 saturated heterocycles. The highest BCUT2D eigenvalue weighted by Gasteiger charge is 2.40. The van der Waals surface area contributed by atoms with E-state index < -0.39 is 5.60 Å². The Labute approximate surface area is 132 Å². The van der Waals surface area contributed by atoms with Gasteiger partial charge in [0.15, 0.2) is 0 Å². The number of nitrogens with one attached hydrogen (secondary N) is 1. The van der Waals surface area contributed by atoms with Crippen molar-refractivity contribution in [3.05, 3.63) is 15.8 Å². The van der Waals surface area contributed by atoms with Gasteiger partial charge < -0.3 is 4.74 Å². The number of rotatable bonds is 1. The number of ether oxygens (including phenoxy) is 1. The van der Waals surface area contributed by atoms with Gasteiger partial charge in [-0.05, 0) is 50.0 Å². The third-order valence-electron chi connectivity index (χ3n) is 3.72. The molecular weight excluding hydrogens is 282 g/mol. The normalized spacial score (nSPS) is 19.8. The van der Waals surface area contributed by atoms with Crippen molar-refractivity contribution in [2.24, 2.45) is 5.41 Å². The van der Waals surface area contributed by atoms with Crippen LogP contribution < -0.4 is 5.32 Å². The van der Waals surface area contributed by atoms with Crippen LogP contribution in [0.2, 0.25) is 0 Å². The maximum Gasteiger partial charge on any atom is 0.412 e. The second-order valence-electron chi connectivity index (χ2n) is 8.49. The van der Waals surface area contributed by atoms with E-state index in [1.54, 1.807) is 11.3 Å². The fourth-order valence-electron chi connectivity index (χ4n) is 3.46. The molecule has 21 heavy (non-hydrogen) atoms. The Kier molecular flexibility index (Phi) is 3.90. The molecule has 0 fully saturated rings. The van der Waals surface area contributed by atoms with Gasteiger partial charge in [0.05, 0.1) is 5.69 Å². The van der Waals surface area contributed by atoms with Crippen molar-refractivity contribution in [1.82, 2.24) is 0 Å². The Morgan fingerprint density at radius 1 is 1.29 bits per heavy atom. The van der Waals surface area contributed by atoms with E-state index in [-0.39, 0.29) is 16.9 Å². The summed E-state index contributed by atoms with van der Waals surface area (Å²) in [5, 5.41) is 4.98. The first-order chi connectivity index (χ1) is 9.40. The summed E-state index contributed by atoms with van der Waals surface area (Å²) >= 11 is 1.75. The molecule has 1 aromatic rings. The molecule has 0 saturated carbocycles. The topological polar surface area (TPSA) is 38.3 Å². The lowest BCUT2D eigenvalue weighted by molar-refractivity contribution is 0.0635. The van der Waals surface area contributed by atoms with E-state index in [1.165, 1.54) is 16.9 Å². The molecular formula is C17H27NO2S. The van der Waals surface area contributed by atoms with Crippen molar-refractivity contribution in [1.29, 1.82) is 0 Å². The van der Waals surface area contributed by atoms with Crippen molar-refractivity contribution < 1.29 is 9.53 Å². The smallest absolute Gasteiger partial charge is 0.412 e. The lowest BCUT2D eigenvalue weighted by Gasteiger charge is -2.40. The first kappa shape index (κ1) is 16.3. The number of carbonyl (C=O) groups excluding carboxylic acids is 1. The molecule has 0 atom stereocenters. The monoisotopic (exact) mass is 309 g/mol. The van der Waals surface area contributed by atoms with Crippen molar-refractivity contribution in [2.75, 3.05) is 5.32 Å². The molecule has 1 aliphatic carbocycles. The van der Waals surface area contributed by atoms with Crippen LogP contribution in [0.15, 0.2) is 5.38 Å². The number of amides is 1. The second-order valence-corrected chi connectivity index (χ2v) is 9.37. The summed E-state index contributed by atoms with van der Waals surface area (Å²) in [7, 11) is 0. The zero-order valence-electron chi connectivity index (χ0n) is 14.2. The van der Waals surface area contributed by atoms with Crippen molar-refractivity contribution in [3.8, 4) is 0 Å². The fourth-order valence-corrected chi connectivity index (χ4v) is 4.61. The summed E-state index contributed by atoms with van der Waals surface area (Å²) in [6.07, 6.45) is 1.80. The Hall–Kier alpha value is -1.03. The van der Waals surface area contributed by atoms with E-state index in [4.69, 9.17) is 4.74 Å². The minimum Gasteiger partial charge on any atom is -0.444 e. The summed E-state index contributed by atoms with van der Waals surface area (Å²) < 4.78 is 5.36. The Bertz CT molecular complexity index is 550. The van der Waals surface area contributed by atoms with Gasteiger partial charge in [-0.2, -0.15) is 0 Å². The number of hydrogen-bond acceptors (Lipinski definition) is 3. The molecule has 1 amide bonds. The maximum atomic E-state index is 12.0. The van der Waals surface area contributed by atoms with Crippen molar-refractivity contribution in [2.45, 2.75) is 72.3 Å². The number of anilines is 1. The summed E-state index contributed by atoms with van der Waals surface area (Å²) in [5.74, 6) is 0. The molecule has 1 N–H and O–H groups in total. The molecule has 1 aromatic heterocycles. The predicted molar refractivity (Wildman–Crippen MR) is 89.3 cm³/mol. The minimum absolute atomic E-state index is 0.162. The molecule has 0 aliphatic heterocycles. The maximum absolute atomic E-state index is 12.0. The molecule has 0 unspecified atom stereocenters. The molecule has 118 valence electrons. The predicted octanol–water partition coefficient (Wildman–Crippen LogP) is 5.35. The third kappa shape index (κ3) is 3.79. The Balaban J connectivity index is 2.25. The first-order valence-electron chi connectivity index (χ1n) is 7.51. The fraction of sp³-hybridized carbons (Fsp3) is 0.706. The molecule has 0 aromatic carbocycles. The van der Waals surface area contributed by atoms with Gasteiger partial charge in [-0.15, -0.1) is 11.3 Å². The van der Waals surface area contributed by atoms with E-state index in [9.17, 15) is 4.79 Å². The highest BCUT2D eigenvalue weighted by molar-refractivity contribution is 7.10. The Morgan fingerprint density at radius 3 is 2.48 bits per heavy atom. The van der Waals surface area contributed by atoms with Crippen molar-refractivity contribution in [3.63, 3.8) is 0 Å². The summed E-state index contributed by atoms with van der Waals surface area (Å²) in [5.41, 5.74) is 2.15. The van der Waals surface area contributed by atoms with Crippen LogP contribution in [-0.2, 0) is 16.6 Å². The largest absolute Gasteiger partial charge is 0.444 e. The molecule has 1 aliphatic rings. The molecule has 0 spiro atoms. The lowest BCUT2D eigenvalue weighted by Crippen LogP contribution is -2.34. The van der Waals surface area contributed by atoms with Gasteiger partial charge in [-0.1, -0.05) is 27.7 Å². The summed E-state index contributed by atoms with van der Waals surface area (Å²) in [4.78, 5) is 13.4. The highest BCUT2D eigenvalue weighted by Crippen LogP contribution is 2.50. The standard InChI is InChI=1S/C17H27NO2S/c1-15(2,3)20-14(19)18-12-9-21-13-11(12)8-16(4,5)10-17(13,6)7/h9H,8,10H2,1-7H3,(H,18,19). The van der Waals surface area contributed by atoms with E-state index in [2.05, 4.69) is 38.4 Å². The molecule has 0 bridgehead atoms. The number of thiophene rings is 1.